The molecule has 1 rings (SSSR count). The third kappa shape index (κ3) is 5.29. The van der Waals surface area contributed by atoms with Gasteiger partial charge in [-0.25, -0.2) is 17.6 Å². The van der Waals surface area contributed by atoms with Crippen LogP contribution >= 0.6 is 0 Å². The number of benzene rings is 1. The Morgan fingerprint density at radius 3 is 2.32 bits per heavy atom. The molecular weight excluding hydrogens is 307 g/mol. The molecule has 0 aromatic heterocycles. The Labute approximate surface area is 131 Å². The first-order valence-electron chi connectivity index (χ1n) is 7.15. The van der Waals surface area contributed by atoms with Gasteiger partial charge in [-0.1, -0.05) is 19.1 Å². The van der Waals surface area contributed by atoms with Crippen molar-refractivity contribution in [1.82, 2.24) is 10.2 Å². The lowest BCUT2D eigenvalue weighted by molar-refractivity contribution is 0.195. The highest BCUT2D eigenvalue weighted by Crippen LogP contribution is 2.13. The Hall–Kier alpha value is -1.63. The molecule has 0 radical (unpaired) electrons. The van der Waals surface area contributed by atoms with Gasteiger partial charge in [0.25, 0.3) is 0 Å². The molecule has 0 bridgehead atoms. The van der Waals surface area contributed by atoms with Crippen LogP contribution in [0.5, 0.6) is 0 Å². The normalized spacial score (nSPS) is 14.2. The number of urea groups is 1. The van der Waals surface area contributed by atoms with E-state index >= 15 is 0 Å². The predicted octanol–water partition coefficient (Wildman–Crippen LogP) is 2.35. The van der Waals surface area contributed by atoms with Crippen LogP contribution in [0.4, 0.5) is 9.18 Å². The standard InChI is InChI=1S/C15H23FN2O3S/c1-5-22(20,21)10-11(2)18(4)15(19)17-12(3)13-6-8-14(16)9-7-13/h6-9,11-12H,5,10H2,1-4H3,(H,17,19)/t11-,12+/m1/s1. The van der Waals surface area contributed by atoms with Crippen molar-refractivity contribution in [3.8, 4) is 0 Å². The zero-order chi connectivity index (χ0) is 16.9. The van der Waals surface area contributed by atoms with Crippen molar-refractivity contribution in [3.05, 3.63) is 35.6 Å². The van der Waals surface area contributed by atoms with Gasteiger partial charge in [0.2, 0.25) is 0 Å². The quantitative estimate of drug-likeness (QED) is 0.871. The van der Waals surface area contributed by atoms with Crippen LogP contribution in [0.2, 0.25) is 0 Å². The molecule has 1 aromatic carbocycles. The van der Waals surface area contributed by atoms with Gasteiger partial charge < -0.3 is 10.2 Å². The molecule has 2 amide bonds. The van der Waals surface area contributed by atoms with Crippen LogP contribution in [-0.4, -0.2) is 43.9 Å². The molecular formula is C15H23FN2O3S. The van der Waals surface area contributed by atoms with E-state index in [1.54, 1.807) is 40.0 Å². The zero-order valence-electron chi connectivity index (χ0n) is 13.3. The molecule has 0 saturated carbocycles. The molecule has 0 aliphatic carbocycles. The molecule has 1 N–H and O–H groups in total. The van der Waals surface area contributed by atoms with Crippen molar-refractivity contribution in [2.45, 2.75) is 32.9 Å². The van der Waals surface area contributed by atoms with Crippen molar-refractivity contribution in [2.24, 2.45) is 0 Å². The number of nitrogens with zero attached hydrogens (tertiary/aromatic N) is 1. The van der Waals surface area contributed by atoms with Gasteiger partial charge in [-0.3, -0.25) is 0 Å². The average Bonchev–Trinajstić information content (AvgIpc) is 2.46. The van der Waals surface area contributed by atoms with E-state index in [0.717, 1.165) is 5.56 Å². The minimum atomic E-state index is -3.15. The molecule has 0 heterocycles. The minimum Gasteiger partial charge on any atom is -0.331 e. The van der Waals surface area contributed by atoms with Gasteiger partial charge in [0.05, 0.1) is 11.8 Å². The Morgan fingerprint density at radius 2 is 1.82 bits per heavy atom. The third-order valence-corrected chi connectivity index (χ3v) is 5.50. The summed E-state index contributed by atoms with van der Waals surface area (Å²) >= 11 is 0. The first-order chi connectivity index (χ1) is 10.2. The van der Waals surface area contributed by atoms with E-state index in [9.17, 15) is 17.6 Å². The second-order valence-corrected chi connectivity index (χ2v) is 7.78. The van der Waals surface area contributed by atoms with Gasteiger partial charge >= 0.3 is 6.03 Å². The monoisotopic (exact) mass is 330 g/mol. The summed E-state index contributed by atoms with van der Waals surface area (Å²) in [6.45, 7) is 5.06. The summed E-state index contributed by atoms with van der Waals surface area (Å²) in [6.07, 6.45) is 0. The van der Waals surface area contributed by atoms with Gasteiger partial charge in [0.1, 0.15) is 5.82 Å². The molecule has 0 saturated heterocycles. The number of hydrogen-bond acceptors (Lipinski definition) is 3. The number of rotatable bonds is 6. The Kier molecular flexibility index (Phi) is 6.34. The summed E-state index contributed by atoms with van der Waals surface area (Å²) in [6, 6.07) is 4.78. The van der Waals surface area contributed by atoms with Gasteiger partial charge in [-0.15, -0.1) is 0 Å². The van der Waals surface area contributed by atoms with E-state index in [-0.39, 0.29) is 29.4 Å². The molecule has 0 spiro atoms. The lowest BCUT2D eigenvalue weighted by Gasteiger charge is -2.27. The second kappa shape index (κ2) is 7.58. The number of halogens is 1. The van der Waals surface area contributed by atoms with E-state index < -0.39 is 15.9 Å². The summed E-state index contributed by atoms with van der Waals surface area (Å²) in [7, 11) is -1.59. The summed E-state index contributed by atoms with van der Waals surface area (Å²) in [4.78, 5) is 13.5. The van der Waals surface area contributed by atoms with Gasteiger partial charge in [-0.2, -0.15) is 0 Å². The Balaban J connectivity index is 2.65. The van der Waals surface area contributed by atoms with Crippen LogP contribution in [0.3, 0.4) is 0 Å². The number of sulfone groups is 1. The van der Waals surface area contributed by atoms with E-state index in [1.165, 1.54) is 17.0 Å². The Bertz CT molecular complexity index is 602. The predicted molar refractivity (Wildman–Crippen MR) is 84.9 cm³/mol. The maximum atomic E-state index is 12.9. The molecule has 7 heteroatoms. The zero-order valence-corrected chi connectivity index (χ0v) is 14.2. The third-order valence-electron chi connectivity index (χ3n) is 3.63. The highest BCUT2D eigenvalue weighted by Gasteiger charge is 2.22. The van der Waals surface area contributed by atoms with Gasteiger partial charge in [0.15, 0.2) is 9.84 Å². The van der Waals surface area contributed by atoms with E-state index in [1.807, 2.05) is 0 Å². The number of carbonyl (C=O) groups is 1. The largest absolute Gasteiger partial charge is 0.331 e. The van der Waals surface area contributed by atoms with Crippen molar-refractivity contribution >= 4 is 15.9 Å². The van der Waals surface area contributed by atoms with E-state index in [2.05, 4.69) is 5.32 Å². The SMILES string of the molecule is CCS(=O)(=O)C[C@@H](C)N(C)C(=O)N[C@@H](C)c1ccc(F)cc1. The molecule has 2 atom stereocenters. The van der Waals surface area contributed by atoms with Crippen molar-refractivity contribution in [2.75, 3.05) is 18.6 Å². The Morgan fingerprint density at radius 1 is 1.27 bits per heavy atom. The summed E-state index contributed by atoms with van der Waals surface area (Å²) in [5, 5.41) is 2.77. The number of nitrogens with one attached hydrogen (secondary N) is 1. The molecule has 1 aromatic rings. The van der Waals surface area contributed by atoms with Crippen LogP contribution in [-0.2, 0) is 9.84 Å². The van der Waals surface area contributed by atoms with Crippen LogP contribution in [0.25, 0.3) is 0 Å². The summed E-state index contributed by atoms with van der Waals surface area (Å²) in [5.74, 6) is -0.352. The number of hydrogen-bond donors (Lipinski definition) is 1. The fourth-order valence-corrected chi connectivity index (χ4v) is 3.11. The van der Waals surface area contributed by atoms with Crippen LogP contribution in [0.15, 0.2) is 24.3 Å². The van der Waals surface area contributed by atoms with Crippen molar-refractivity contribution < 1.29 is 17.6 Å². The highest BCUT2D eigenvalue weighted by atomic mass is 32.2. The summed E-state index contributed by atoms with van der Waals surface area (Å²) in [5.41, 5.74) is 0.775. The van der Waals surface area contributed by atoms with Crippen LogP contribution < -0.4 is 5.32 Å². The van der Waals surface area contributed by atoms with Gasteiger partial charge in [-0.05, 0) is 31.5 Å². The summed E-state index contributed by atoms with van der Waals surface area (Å²) < 4.78 is 36.1. The second-order valence-electron chi connectivity index (χ2n) is 5.38. The first-order valence-corrected chi connectivity index (χ1v) is 8.97. The maximum Gasteiger partial charge on any atom is 0.317 e. The number of carbonyl (C=O) groups excluding carboxylic acids is 1. The molecule has 0 fully saturated rings. The van der Waals surface area contributed by atoms with Crippen molar-refractivity contribution in [3.63, 3.8) is 0 Å². The fourth-order valence-electron chi connectivity index (χ4n) is 1.92. The molecule has 22 heavy (non-hydrogen) atoms. The number of amides is 2. The minimum absolute atomic E-state index is 0.0543. The molecule has 5 nitrogen and oxygen atoms in total. The average molecular weight is 330 g/mol. The smallest absolute Gasteiger partial charge is 0.317 e. The maximum absolute atomic E-state index is 12.9. The van der Waals surface area contributed by atoms with Gasteiger partial charge in [0, 0.05) is 18.8 Å². The molecule has 0 aliphatic rings. The lowest BCUT2D eigenvalue weighted by Crippen LogP contribution is -2.45. The van der Waals surface area contributed by atoms with Crippen LogP contribution in [0, 0.1) is 5.82 Å². The lowest BCUT2D eigenvalue weighted by atomic mass is 10.1. The van der Waals surface area contributed by atoms with Crippen LogP contribution in [0.1, 0.15) is 32.4 Å². The topological polar surface area (TPSA) is 66.5 Å². The molecule has 0 unspecified atom stereocenters. The van der Waals surface area contributed by atoms with E-state index in [0.29, 0.717) is 0 Å². The fraction of sp³-hybridized carbons (Fsp3) is 0.533. The first kappa shape index (κ1) is 18.4. The molecule has 0 aliphatic heterocycles. The highest BCUT2D eigenvalue weighted by molar-refractivity contribution is 7.91. The van der Waals surface area contributed by atoms with E-state index in [4.69, 9.17) is 0 Å². The van der Waals surface area contributed by atoms with Crippen molar-refractivity contribution in [1.29, 1.82) is 0 Å². The molecule has 124 valence electrons.